The van der Waals surface area contributed by atoms with Crippen molar-refractivity contribution in [2.24, 2.45) is 0 Å². The smallest absolute Gasteiger partial charge is 0.335 e. The highest BCUT2D eigenvalue weighted by atomic mass is 16.5. The summed E-state index contributed by atoms with van der Waals surface area (Å²) >= 11 is 0. The molecule has 0 saturated carbocycles. The molecule has 6 nitrogen and oxygen atoms in total. The first kappa shape index (κ1) is 19.3. The maximum absolute atomic E-state index is 12.3. The molecular formula is C20H23NO5. The molecule has 0 aliphatic rings. The Hall–Kier alpha value is -3.02. The van der Waals surface area contributed by atoms with Gasteiger partial charge in [0.05, 0.1) is 24.5 Å². The number of benzene rings is 2. The zero-order valence-corrected chi connectivity index (χ0v) is 15.0. The van der Waals surface area contributed by atoms with Crippen molar-refractivity contribution in [3.05, 3.63) is 53.6 Å². The van der Waals surface area contributed by atoms with Gasteiger partial charge in [-0.05, 0) is 44.0 Å². The quantitative estimate of drug-likeness (QED) is 0.714. The van der Waals surface area contributed by atoms with E-state index in [-0.39, 0.29) is 17.9 Å². The number of carboxylic acid groups (broad SMARTS) is 1. The van der Waals surface area contributed by atoms with Gasteiger partial charge in [0, 0.05) is 12.5 Å². The van der Waals surface area contributed by atoms with Crippen molar-refractivity contribution in [1.82, 2.24) is 0 Å². The molecule has 1 amide bonds. The van der Waals surface area contributed by atoms with Gasteiger partial charge < -0.3 is 19.9 Å². The molecule has 0 heterocycles. The molecule has 26 heavy (non-hydrogen) atoms. The number of aromatic carboxylic acids is 1. The fourth-order valence-electron chi connectivity index (χ4n) is 2.55. The molecule has 0 saturated heterocycles. The largest absolute Gasteiger partial charge is 0.494 e. The molecule has 0 spiro atoms. The minimum atomic E-state index is -0.996. The van der Waals surface area contributed by atoms with E-state index in [2.05, 4.69) is 5.32 Å². The SMILES string of the molecule is CCOc1ccc(OCC)c(NC(=O)CCc2ccccc2C(=O)O)c1. The van der Waals surface area contributed by atoms with E-state index < -0.39 is 5.97 Å². The summed E-state index contributed by atoms with van der Waals surface area (Å²) in [6.07, 6.45) is 0.498. The summed E-state index contributed by atoms with van der Waals surface area (Å²) in [7, 11) is 0. The van der Waals surface area contributed by atoms with Crippen molar-refractivity contribution in [1.29, 1.82) is 0 Å². The lowest BCUT2D eigenvalue weighted by atomic mass is 10.0. The Kier molecular flexibility index (Phi) is 7.02. The van der Waals surface area contributed by atoms with Gasteiger partial charge in [0.2, 0.25) is 5.91 Å². The summed E-state index contributed by atoms with van der Waals surface area (Å²) in [5.41, 5.74) is 1.38. The standard InChI is InChI=1S/C20H23NO5/c1-3-25-15-10-11-18(26-4-2)17(13-15)21-19(22)12-9-14-7-5-6-8-16(14)20(23)24/h5-8,10-11,13H,3-4,9,12H2,1-2H3,(H,21,22)(H,23,24). The van der Waals surface area contributed by atoms with Gasteiger partial charge in [0.1, 0.15) is 11.5 Å². The van der Waals surface area contributed by atoms with Crippen LogP contribution in [0.2, 0.25) is 0 Å². The van der Waals surface area contributed by atoms with E-state index >= 15 is 0 Å². The van der Waals surface area contributed by atoms with Crippen molar-refractivity contribution >= 4 is 17.6 Å². The van der Waals surface area contributed by atoms with Crippen LogP contribution < -0.4 is 14.8 Å². The van der Waals surface area contributed by atoms with Gasteiger partial charge >= 0.3 is 5.97 Å². The Morgan fingerprint density at radius 2 is 1.77 bits per heavy atom. The predicted octanol–water partition coefficient (Wildman–Crippen LogP) is 3.75. The number of hydrogen-bond donors (Lipinski definition) is 2. The van der Waals surface area contributed by atoms with Gasteiger partial charge in [0.15, 0.2) is 0 Å². The first-order chi connectivity index (χ1) is 12.5. The van der Waals surface area contributed by atoms with Gasteiger partial charge in [-0.25, -0.2) is 4.79 Å². The number of ether oxygens (including phenoxy) is 2. The molecule has 2 N–H and O–H groups in total. The maximum Gasteiger partial charge on any atom is 0.335 e. The molecule has 138 valence electrons. The number of carbonyl (C=O) groups is 2. The third kappa shape index (κ3) is 5.24. The zero-order valence-electron chi connectivity index (χ0n) is 15.0. The fourth-order valence-corrected chi connectivity index (χ4v) is 2.55. The van der Waals surface area contributed by atoms with Crippen LogP contribution in [0.5, 0.6) is 11.5 Å². The Morgan fingerprint density at radius 3 is 2.46 bits per heavy atom. The molecule has 0 fully saturated rings. The lowest BCUT2D eigenvalue weighted by molar-refractivity contribution is -0.116. The third-order valence-corrected chi connectivity index (χ3v) is 3.71. The number of aryl methyl sites for hydroxylation is 1. The summed E-state index contributed by atoms with van der Waals surface area (Å²) < 4.78 is 11.0. The summed E-state index contributed by atoms with van der Waals surface area (Å²) in [6, 6.07) is 11.9. The van der Waals surface area contributed by atoms with Gasteiger partial charge in [-0.1, -0.05) is 18.2 Å². The number of rotatable bonds is 9. The van der Waals surface area contributed by atoms with Crippen LogP contribution in [-0.2, 0) is 11.2 Å². The van der Waals surface area contributed by atoms with Crippen LogP contribution in [0, 0.1) is 0 Å². The number of carboxylic acids is 1. The van der Waals surface area contributed by atoms with Gasteiger partial charge in [-0.15, -0.1) is 0 Å². The van der Waals surface area contributed by atoms with E-state index in [1.807, 2.05) is 13.8 Å². The van der Waals surface area contributed by atoms with Crippen LogP contribution in [0.1, 0.15) is 36.2 Å². The van der Waals surface area contributed by atoms with E-state index in [9.17, 15) is 14.7 Å². The molecule has 0 atom stereocenters. The number of nitrogens with one attached hydrogen (secondary N) is 1. The van der Waals surface area contributed by atoms with Crippen molar-refractivity contribution < 1.29 is 24.2 Å². The molecule has 0 aliphatic carbocycles. The molecule has 0 aromatic heterocycles. The normalized spacial score (nSPS) is 10.2. The van der Waals surface area contributed by atoms with Crippen molar-refractivity contribution in [3.8, 4) is 11.5 Å². The number of anilines is 1. The third-order valence-electron chi connectivity index (χ3n) is 3.71. The van der Waals surface area contributed by atoms with Crippen molar-refractivity contribution in [2.75, 3.05) is 18.5 Å². The first-order valence-electron chi connectivity index (χ1n) is 8.55. The van der Waals surface area contributed by atoms with Gasteiger partial charge in [-0.3, -0.25) is 4.79 Å². The average molecular weight is 357 g/mol. The molecule has 2 rings (SSSR count). The van der Waals surface area contributed by atoms with Crippen LogP contribution in [0.4, 0.5) is 5.69 Å². The molecule has 0 bridgehead atoms. The van der Waals surface area contributed by atoms with E-state index in [0.29, 0.717) is 42.4 Å². The lowest BCUT2D eigenvalue weighted by Crippen LogP contribution is -2.14. The number of hydrogen-bond acceptors (Lipinski definition) is 4. The molecule has 6 heteroatoms. The van der Waals surface area contributed by atoms with Crippen LogP contribution in [0.25, 0.3) is 0 Å². The first-order valence-corrected chi connectivity index (χ1v) is 8.55. The second-order valence-corrected chi connectivity index (χ2v) is 5.53. The Morgan fingerprint density at radius 1 is 1.04 bits per heavy atom. The van der Waals surface area contributed by atoms with Crippen LogP contribution in [0.15, 0.2) is 42.5 Å². The highest BCUT2D eigenvalue weighted by Gasteiger charge is 2.13. The van der Waals surface area contributed by atoms with Crippen LogP contribution >= 0.6 is 0 Å². The summed E-state index contributed by atoms with van der Waals surface area (Å²) in [6.45, 7) is 4.75. The zero-order chi connectivity index (χ0) is 18.9. The summed E-state index contributed by atoms with van der Waals surface area (Å²) in [5.74, 6) is -0.0124. The monoisotopic (exact) mass is 357 g/mol. The highest BCUT2D eigenvalue weighted by molar-refractivity contribution is 5.93. The lowest BCUT2D eigenvalue weighted by Gasteiger charge is -2.14. The number of amides is 1. The summed E-state index contributed by atoms with van der Waals surface area (Å²) in [4.78, 5) is 23.6. The summed E-state index contributed by atoms with van der Waals surface area (Å²) in [5, 5.41) is 12.0. The van der Waals surface area contributed by atoms with E-state index in [0.717, 1.165) is 0 Å². The minimum absolute atomic E-state index is 0.161. The van der Waals surface area contributed by atoms with E-state index in [4.69, 9.17) is 9.47 Å². The highest BCUT2D eigenvalue weighted by Crippen LogP contribution is 2.29. The average Bonchev–Trinajstić information content (AvgIpc) is 2.62. The maximum atomic E-state index is 12.3. The molecule has 2 aromatic rings. The second kappa shape index (κ2) is 9.46. The van der Waals surface area contributed by atoms with E-state index in [1.54, 1.807) is 36.4 Å². The van der Waals surface area contributed by atoms with Crippen LogP contribution in [0.3, 0.4) is 0 Å². The molecular weight excluding hydrogens is 334 g/mol. The predicted molar refractivity (Wildman–Crippen MR) is 99.1 cm³/mol. The van der Waals surface area contributed by atoms with Crippen molar-refractivity contribution in [3.63, 3.8) is 0 Å². The second-order valence-electron chi connectivity index (χ2n) is 5.53. The van der Waals surface area contributed by atoms with Gasteiger partial charge in [0.25, 0.3) is 0 Å². The molecule has 0 radical (unpaired) electrons. The molecule has 2 aromatic carbocycles. The Labute approximate surface area is 152 Å². The number of carbonyl (C=O) groups excluding carboxylic acids is 1. The fraction of sp³-hybridized carbons (Fsp3) is 0.300. The minimum Gasteiger partial charge on any atom is -0.494 e. The van der Waals surface area contributed by atoms with Crippen LogP contribution in [-0.4, -0.2) is 30.2 Å². The molecule has 0 unspecified atom stereocenters. The Balaban J connectivity index is 2.07. The Bertz CT molecular complexity index is 773. The molecule has 0 aliphatic heterocycles. The van der Waals surface area contributed by atoms with Crippen molar-refractivity contribution in [2.45, 2.75) is 26.7 Å². The van der Waals surface area contributed by atoms with Gasteiger partial charge in [-0.2, -0.15) is 0 Å². The van der Waals surface area contributed by atoms with E-state index in [1.165, 1.54) is 6.07 Å². The topological polar surface area (TPSA) is 84.9 Å².